The van der Waals surface area contributed by atoms with E-state index < -0.39 is 0 Å². The second-order valence-corrected chi connectivity index (χ2v) is 4.93. The molecule has 22 heavy (non-hydrogen) atoms. The van der Waals surface area contributed by atoms with E-state index in [0.29, 0.717) is 23.0 Å². The van der Waals surface area contributed by atoms with Gasteiger partial charge in [-0.15, -0.1) is 0 Å². The quantitative estimate of drug-likeness (QED) is 0.883. The van der Waals surface area contributed by atoms with Gasteiger partial charge >= 0.3 is 0 Å². The van der Waals surface area contributed by atoms with Crippen LogP contribution in [0.25, 0.3) is 0 Å². The Morgan fingerprint density at radius 2 is 1.68 bits per heavy atom. The smallest absolute Gasteiger partial charge is 0.203 e. The molecular weight excluding hydrogens is 286 g/mol. The first-order valence-corrected chi connectivity index (χ1v) is 6.90. The minimum atomic E-state index is -0.278. The van der Waals surface area contributed by atoms with Gasteiger partial charge in [-0.05, 0) is 31.5 Å². The normalized spacial score (nSPS) is 12.1. The van der Waals surface area contributed by atoms with Crippen molar-refractivity contribution in [3.05, 3.63) is 34.7 Å². The fourth-order valence-corrected chi connectivity index (χ4v) is 2.65. The molecule has 6 heteroatoms. The number of methoxy groups -OCH3 is 3. The molecule has 0 saturated carbocycles. The van der Waals surface area contributed by atoms with Gasteiger partial charge in [-0.25, -0.2) is 0 Å². The summed E-state index contributed by atoms with van der Waals surface area (Å²) in [4.78, 5) is 0. The van der Waals surface area contributed by atoms with Gasteiger partial charge in [0.25, 0.3) is 0 Å². The molecule has 0 aliphatic carbocycles. The number of ether oxygens (including phenoxy) is 3. The van der Waals surface area contributed by atoms with E-state index in [-0.39, 0.29) is 12.5 Å². The van der Waals surface area contributed by atoms with Crippen molar-refractivity contribution in [3.63, 3.8) is 0 Å². The van der Waals surface area contributed by atoms with E-state index in [1.807, 2.05) is 26.0 Å². The number of hydrogen-bond donors (Lipinski definition) is 1. The zero-order valence-electron chi connectivity index (χ0n) is 13.5. The Kier molecular flexibility index (Phi) is 4.92. The van der Waals surface area contributed by atoms with Crippen molar-refractivity contribution >= 4 is 0 Å². The molecule has 0 bridgehead atoms. The largest absolute Gasteiger partial charge is 0.493 e. The van der Waals surface area contributed by atoms with Gasteiger partial charge in [-0.3, -0.25) is 0 Å². The molecule has 1 N–H and O–H groups in total. The highest BCUT2D eigenvalue weighted by Crippen LogP contribution is 2.42. The Hall–Kier alpha value is -2.21. The van der Waals surface area contributed by atoms with E-state index in [9.17, 15) is 5.11 Å². The predicted octanol–water partition coefficient (Wildman–Crippen LogP) is 2.44. The maximum Gasteiger partial charge on any atom is 0.203 e. The molecule has 6 nitrogen and oxygen atoms in total. The summed E-state index contributed by atoms with van der Waals surface area (Å²) >= 11 is 0. The van der Waals surface area contributed by atoms with Crippen LogP contribution in [0.15, 0.2) is 16.7 Å². The van der Waals surface area contributed by atoms with Crippen molar-refractivity contribution < 1.29 is 23.8 Å². The monoisotopic (exact) mass is 307 g/mol. The van der Waals surface area contributed by atoms with Crippen LogP contribution >= 0.6 is 0 Å². The van der Waals surface area contributed by atoms with E-state index in [0.717, 1.165) is 16.8 Å². The minimum Gasteiger partial charge on any atom is -0.493 e. The van der Waals surface area contributed by atoms with E-state index in [1.165, 1.54) is 0 Å². The fraction of sp³-hybridized carbons (Fsp3) is 0.438. The van der Waals surface area contributed by atoms with Crippen LogP contribution in [0.1, 0.15) is 28.5 Å². The molecule has 1 atom stereocenters. The Balaban J connectivity index is 2.59. The molecule has 1 aromatic heterocycles. The first-order chi connectivity index (χ1) is 10.6. The molecule has 0 aliphatic rings. The zero-order chi connectivity index (χ0) is 16.3. The van der Waals surface area contributed by atoms with E-state index in [2.05, 4.69) is 5.16 Å². The number of rotatable bonds is 6. The minimum absolute atomic E-state index is 0.0818. The van der Waals surface area contributed by atoms with E-state index in [4.69, 9.17) is 18.7 Å². The Morgan fingerprint density at radius 3 is 2.05 bits per heavy atom. The molecule has 0 fully saturated rings. The molecule has 0 unspecified atom stereocenters. The standard InChI is InChI=1S/C16H21NO5/c1-9-15(10(2)22-17-9)12(8-18)11-6-13(19-3)16(21-5)14(7-11)20-4/h6-7,12,18H,8H2,1-5H3/t12-/m1/s1. The van der Waals surface area contributed by atoms with Crippen LogP contribution in [0.4, 0.5) is 0 Å². The van der Waals surface area contributed by atoms with Crippen LogP contribution in [-0.4, -0.2) is 38.2 Å². The van der Waals surface area contributed by atoms with Crippen LogP contribution in [0.2, 0.25) is 0 Å². The van der Waals surface area contributed by atoms with Crippen molar-refractivity contribution in [1.82, 2.24) is 5.16 Å². The van der Waals surface area contributed by atoms with Gasteiger partial charge in [0, 0.05) is 11.5 Å². The highest BCUT2D eigenvalue weighted by molar-refractivity contribution is 5.56. The lowest BCUT2D eigenvalue weighted by Gasteiger charge is -2.19. The topological polar surface area (TPSA) is 74.0 Å². The molecule has 120 valence electrons. The Labute approximate surface area is 129 Å². The molecule has 0 aliphatic heterocycles. The van der Waals surface area contributed by atoms with Crippen molar-refractivity contribution in [2.24, 2.45) is 0 Å². The Bertz CT molecular complexity index is 605. The van der Waals surface area contributed by atoms with Crippen molar-refractivity contribution in [1.29, 1.82) is 0 Å². The average Bonchev–Trinajstić information content (AvgIpc) is 2.86. The highest BCUT2D eigenvalue weighted by Gasteiger charge is 2.24. The first kappa shape index (κ1) is 16.2. The van der Waals surface area contributed by atoms with Gasteiger partial charge in [0.15, 0.2) is 11.5 Å². The van der Waals surface area contributed by atoms with E-state index >= 15 is 0 Å². The summed E-state index contributed by atoms with van der Waals surface area (Å²) in [6, 6.07) is 3.66. The summed E-state index contributed by atoms with van der Waals surface area (Å²) in [5.41, 5.74) is 2.47. The third-order valence-electron chi connectivity index (χ3n) is 3.71. The third kappa shape index (κ3) is 2.74. The molecule has 0 radical (unpaired) electrons. The summed E-state index contributed by atoms with van der Waals surface area (Å²) in [7, 11) is 4.67. The number of aliphatic hydroxyl groups is 1. The highest BCUT2D eigenvalue weighted by atomic mass is 16.5. The number of aliphatic hydroxyl groups excluding tert-OH is 1. The van der Waals surface area contributed by atoms with Gasteiger partial charge in [0.05, 0.1) is 33.6 Å². The summed E-state index contributed by atoms with van der Waals surface area (Å²) < 4.78 is 21.3. The second-order valence-electron chi connectivity index (χ2n) is 4.93. The van der Waals surface area contributed by atoms with Crippen molar-refractivity contribution in [2.45, 2.75) is 19.8 Å². The van der Waals surface area contributed by atoms with Crippen molar-refractivity contribution in [3.8, 4) is 17.2 Å². The summed E-state index contributed by atoms with van der Waals surface area (Å²) in [6.07, 6.45) is 0. The molecular formula is C16H21NO5. The van der Waals surface area contributed by atoms with E-state index in [1.54, 1.807) is 21.3 Å². The van der Waals surface area contributed by atoms with Gasteiger partial charge in [-0.2, -0.15) is 0 Å². The number of aryl methyl sites for hydroxylation is 2. The number of hydrogen-bond acceptors (Lipinski definition) is 6. The first-order valence-electron chi connectivity index (χ1n) is 6.90. The second kappa shape index (κ2) is 6.70. The lowest BCUT2D eigenvalue weighted by atomic mass is 9.90. The molecule has 0 spiro atoms. The van der Waals surface area contributed by atoms with Gasteiger partial charge in [0.1, 0.15) is 5.76 Å². The molecule has 2 aromatic rings. The molecule has 0 saturated heterocycles. The van der Waals surface area contributed by atoms with Crippen LogP contribution in [-0.2, 0) is 0 Å². The lowest BCUT2D eigenvalue weighted by molar-refractivity contribution is 0.277. The van der Waals surface area contributed by atoms with Crippen molar-refractivity contribution in [2.75, 3.05) is 27.9 Å². The van der Waals surface area contributed by atoms with Gasteiger partial charge in [-0.1, -0.05) is 5.16 Å². The van der Waals surface area contributed by atoms with Crippen LogP contribution in [0, 0.1) is 13.8 Å². The number of benzene rings is 1. The summed E-state index contributed by atoms with van der Waals surface area (Å²) in [5.74, 6) is 2.01. The van der Waals surface area contributed by atoms with Gasteiger partial charge < -0.3 is 23.8 Å². The zero-order valence-corrected chi connectivity index (χ0v) is 13.5. The fourth-order valence-electron chi connectivity index (χ4n) is 2.65. The number of aromatic nitrogens is 1. The summed E-state index contributed by atoms with van der Waals surface area (Å²) in [6.45, 7) is 3.60. The van der Waals surface area contributed by atoms with Gasteiger partial charge in [0.2, 0.25) is 5.75 Å². The lowest BCUT2D eigenvalue weighted by Crippen LogP contribution is -2.09. The summed E-state index contributed by atoms with van der Waals surface area (Å²) in [5, 5.41) is 13.8. The average molecular weight is 307 g/mol. The maximum atomic E-state index is 9.87. The third-order valence-corrected chi connectivity index (χ3v) is 3.71. The molecule has 1 heterocycles. The maximum absolute atomic E-state index is 9.87. The van der Waals surface area contributed by atoms with Crippen LogP contribution in [0.5, 0.6) is 17.2 Å². The number of nitrogens with zero attached hydrogens (tertiary/aromatic N) is 1. The Morgan fingerprint density at radius 1 is 1.09 bits per heavy atom. The predicted molar refractivity (Wildman–Crippen MR) is 81.0 cm³/mol. The van der Waals surface area contributed by atoms with Crippen LogP contribution < -0.4 is 14.2 Å². The van der Waals surface area contributed by atoms with Crippen LogP contribution in [0.3, 0.4) is 0 Å². The molecule has 1 aromatic carbocycles. The molecule has 0 amide bonds. The SMILES string of the molecule is COc1cc([C@@H](CO)c2c(C)noc2C)cc(OC)c1OC. The molecule has 2 rings (SSSR count).